The normalized spacial score (nSPS) is 12.1. The third kappa shape index (κ3) is 4.23. The van der Waals surface area contributed by atoms with Crippen molar-refractivity contribution in [3.63, 3.8) is 0 Å². The number of ether oxygens (including phenoxy) is 1. The van der Waals surface area contributed by atoms with Crippen molar-refractivity contribution in [1.29, 1.82) is 0 Å². The van der Waals surface area contributed by atoms with Gasteiger partial charge in [-0.25, -0.2) is 0 Å². The number of aliphatic hydroxyl groups is 1. The number of hydrogen-bond acceptors (Lipinski definition) is 5. The summed E-state index contributed by atoms with van der Waals surface area (Å²) in [4.78, 5) is 4.15. The molecule has 6 heteroatoms. The van der Waals surface area contributed by atoms with Gasteiger partial charge in [-0.15, -0.1) is 0 Å². The summed E-state index contributed by atoms with van der Waals surface area (Å²) in [7, 11) is 3.52. The molecule has 6 nitrogen and oxygen atoms in total. The van der Waals surface area contributed by atoms with Crippen molar-refractivity contribution in [2.45, 2.75) is 12.6 Å². The highest BCUT2D eigenvalue weighted by molar-refractivity contribution is 5.61. The largest absolute Gasteiger partial charge is 0.497 e. The lowest BCUT2D eigenvalue weighted by Gasteiger charge is -2.13. The quantitative estimate of drug-likeness (QED) is 0.692. The minimum absolute atomic E-state index is 0.452. The van der Waals surface area contributed by atoms with Crippen LogP contribution in [0.5, 0.6) is 5.75 Å². The number of methoxy groups -OCH3 is 1. The Kier molecular flexibility index (Phi) is 5.42. The predicted molar refractivity (Wildman–Crippen MR) is 96.1 cm³/mol. The molecule has 0 saturated heterocycles. The van der Waals surface area contributed by atoms with Crippen LogP contribution in [0.1, 0.15) is 17.2 Å². The molecule has 25 heavy (non-hydrogen) atoms. The summed E-state index contributed by atoms with van der Waals surface area (Å²) in [6.07, 6.45) is 4.95. The highest BCUT2D eigenvalue weighted by atomic mass is 16.5. The molecule has 0 aliphatic heterocycles. The zero-order valence-corrected chi connectivity index (χ0v) is 14.4. The van der Waals surface area contributed by atoms with Crippen LogP contribution in [0.4, 0.5) is 0 Å². The van der Waals surface area contributed by atoms with Crippen LogP contribution in [-0.2, 0) is 13.6 Å². The van der Waals surface area contributed by atoms with Crippen LogP contribution in [0.3, 0.4) is 0 Å². The van der Waals surface area contributed by atoms with Gasteiger partial charge in [0.05, 0.1) is 18.9 Å². The first-order valence-corrected chi connectivity index (χ1v) is 8.13. The summed E-state index contributed by atoms with van der Waals surface area (Å²) in [6.45, 7) is 1.07. The highest BCUT2D eigenvalue weighted by Gasteiger charge is 2.12. The topological polar surface area (TPSA) is 72.2 Å². The van der Waals surface area contributed by atoms with Crippen molar-refractivity contribution >= 4 is 0 Å². The van der Waals surface area contributed by atoms with Crippen molar-refractivity contribution < 1.29 is 9.84 Å². The first-order valence-electron chi connectivity index (χ1n) is 8.13. The fourth-order valence-corrected chi connectivity index (χ4v) is 2.70. The van der Waals surface area contributed by atoms with Crippen molar-refractivity contribution in [3.8, 4) is 17.0 Å². The fourth-order valence-electron chi connectivity index (χ4n) is 2.70. The van der Waals surface area contributed by atoms with Gasteiger partial charge in [0.15, 0.2) is 0 Å². The molecule has 1 atom stereocenters. The Morgan fingerprint density at radius 3 is 2.72 bits per heavy atom. The first kappa shape index (κ1) is 17.1. The van der Waals surface area contributed by atoms with E-state index in [0.29, 0.717) is 13.1 Å². The number of nitrogens with one attached hydrogen (secondary N) is 1. The zero-order valence-electron chi connectivity index (χ0n) is 14.4. The Morgan fingerprint density at radius 1 is 1.24 bits per heavy atom. The third-order valence-corrected chi connectivity index (χ3v) is 3.99. The number of nitrogens with zero attached hydrogens (tertiary/aromatic N) is 3. The molecule has 0 radical (unpaired) electrons. The van der Waals surface area contributed by atoms with Gasteiger partial charge in [0.2, 0.25) is 0 Å². The van der Waals surface area contributed by atoms with Gasteiger partial charge in [0, 0.05) is 49.9 Å². The van der Waals surface area contributed by atoms with Gasteiger partial charge in [0.25, 0.3) is 0 Å². The maximum atomic E-state index is 10.3. The van der Waals surface area contributed by atoms with Gasteiger partial charge in [-0.05, 0) is 29.8 Å². The van der Waals surface area contributed by atoms with Crippen LogP contribution in [0.25, 0.3) is 11.3 Å². The lowest BCUT2D eigenvalue weighted by Crippen LogP contribution is -2.21. The Hall–Kier alpha value is -2.70. The maximum Gasteiger partial charge on any atom is 0.118 e. The van der Waals surface area contributed by atoms with E-state index in [9.17, 15) is 5.11 Å². The summed E-state index contributed by atoms with van der Waals surface area (Å²) in [5, 5.41) is 18.1. The van der Waals surface area contributed by atoms with Gasteiger partial charge >= 0.3 is 0 Å². The van der Waals surface area contributed by atoms with Gasteiger partial charge in [-0.1, -0.05) is 12.1 Å². The molecule has 0 unspecified atom stereocenters. The minimum Gasteiger partial charge on any atom is -0.497 e. The molecule has 3 rings (SSSR count). The number of rotatable bonds is 7. The molecule has 2 heterocycles. The molecule has 0 amide bonds. The summed E-state index contributed by atoms with van der Waals surface area (Å²) in [5.74, 6) is 0.778. The highest BCUT2D eigenvalue weighted by Crippen LogP contribution is 2.21. The van der Waals surface area contributed by atoms with Crippen LogP contribution in [0, 0.1) is 0 Å². The molecular weight excluding hydrogens is 316 g/mol. The lowest BCUT2D eigenvalue weighted by molar-refractivity contribution is 0.174. The smallest absolute Gasteiger partial charge is 0.118 e. The zero-order chi connectivity index (χ0) is 17.6. The molecule has 0 spiro atoms. The van der Waals surface area contributed by atoms with E-state index in [4.69, 9.17) is 4.74 Å². The van der Waals surface area contributed by atoms with E-state index in [2.05, 4.69) is 15.4 Å². The molecule has 130 valence electrons. The number of pyridine rings is 1. The Morgan fingerprint density at radius 2 is 2.04 bits per heavy atom. The summed E-state index contributed by atoms with van der Waals surface area (Å²) < 4.78 is 6.92. The second kappa shape index (κ2) is 7.92. The van der Waals surface area contributed by atoms with E-state index < -0.39 is 6.10 Å². The summed E-state index contributed by atoms with van der Waals surface area (Å²) >= 11 is 0. The Bertz CT molecular complexity index is 800. The molecule has 0 fully saturated rings. The number of hydrogen-bond donors (Lipinski definition) is 2. The summed E-state index contributed by atoms with van der Waals surface area (Å²) in [5.41, 5.74) is 3.81. The second-order valence-corrected chi connectivity index (χ2v) is 5.84. The second-order valence-electron chi connectivity index (χ2n) is 5.84. The molecule has 0 aliphatic carbocycles. The number of aliphatic hydroxyl groups excluding tert-OH is 1. The first-order chi connectivity index (χ1) is 12.2. The van der Waals surface area contributed by atoms with Crippen molar-refractivity contribution in [1.82, 2.24) is 20.1 Å². The van der Waals surface area contributed by atoms with Crippen LogP contribution in [0.15, 0.2) is 55.0 Å². The van der Waals surface area contributed by atoms with E-state index in [0.717, 1.165) is 28.1 Å². The van der Waals surface area contributed by atoms with Gasteiger partial charge in [-0.3, -0.25) is 9.67 Å². The summed E-state index contributed by atoms with van der Waals surface area (Å²) in [6, 6.07) is 11.3. The number of aromatic nitrogens is 3. The molecule has 0 bridgehead atoms. The van der Waals surface area contributed by atoms with E-state index in [-0.39, 0.29) is 0 Å². The monoisotopic (exact) mass is 338 g/mol. The Balaban J connectivity index is 1.62. The maximum absolute atomic E-state index is 10.3. The molecule has 0 aliphatic rings. The van der Waals surface area contributed by atoms with Crippen molar-refractivity contribution in [3.05, 3.63) is 66.1 Å². The van der Waals surface area contributed by atoms with E-state index in [1.807, 2.05) is 49.6 Å². The van der Waals surface area contributed by atoms with E-state index in [1.165, 1.54) is 0 Å². The fraction of sp³-hybridized carbons (Fsp3) is 0.263. The van der Waals surface area contributed by atoms with Gasteiger partial charge < -0.3 is 15.2 Å². The predicted octanol–water partition coefficient (Wildman–Crippen LogP) is 2.31. The van der Waals surface area contributed by atoms with Crippen LogP contribution < -0.4 is 10.1 Å². The number of aryl methyl sites for hydroxylation is 1. The number of benzene rings is 1. The molecule has 0 saturated carbocycles. The molecule has 2 N–H and O–H groups in total. The van der Waals surface area contributed by atoms with Gasteiger partial charge in [-0.2, -0.15) is 5.10 Å². The average Bonchev–Trinajstić information content (AvgIpc) is 3.03. The van der Waals surface area contributed by atoms with Crippen molar-refractivity contribution in [2.75, 3.05) is 13.7 Å². The molecule has 2 aromatic heterocycles. The molecule has 3 aromatic rings. The minimum atomic E-state index is -0.579. The van der Waals surface area contributed by atoms with Gasteiger partial charge in [0.1, 0.15) is 5.75 Å². The van der Waals surface area contributed by atoms with Crippen LogP contribution >= 0.6 is 0 Å². The molecule has 1 aromatic carbocycles. The third-order valence-electron chi connectivity index (χ3n) is 3.99. The van der Waals surface area contributed by atoms with E-state index in [1.54, 1.807) is 24.2 Å². The SMILES string of the molecule is COc1ccc([C@@H](O)CNCc2cn(C)nc2-c2cccnc2)cc1. The standard InChI is InChI=1S/C19H22N4O2/c1-23-13-16(19(22-23)15-4-3-9-20-10-15)11-21-12-18(24)14-5-7-17(25-2)8-6-14/h3-10,13,18,21,24H,11-12H2,1-2H3/t18-/m0/s1. The van der Waals surface area contributed by atoms with Crippen LogP contribution in [0.2, 0.25) is 0 Å². The van der Waals surface area contributed by atoms with Crippen molar-refractivity contribution in [2.24, 2.45) is 7.05 Å². The lowest BCUT2D eigenvalue weighted by atomic mass is 10.1. The molecular formula is C19H22N4O2. The van der Waals surface area contributed by atoms with E-state index >= 15 is 0 Å². The average molecular weight is 338 g/mol. The van der Waals surface area contributed by atoms with Crippen LogP contribution in [-0.4, -0.2) is 33.5 Å². The Labute approximate surface area is 147 Å².